The molecule has 2 aliphatic carbocycles. The molecule has 5 heteroatoms. The van der Waals surface area contributed by atoms with Crippen LogP contribution in [0.5, 0.6) is 0 Å². The van der Waals surface area contributed by atoms with Gasteiger partial charge in [0.05, 0.1) is 11.8 Å². The van der Waals surface area contributed by atoms with E-state index in [9.17, 15) is 14.7 Å². The number of aliphatic carboxylic acids is 1. The molecule has 2 rings (SSSR count). The number of nitrogens with zero attached hydrogens (tertiary/aromatic N) is 1. The molecular weight excluding hydrogens is 256 g/mol. The normalized spacial score (nSPS) is 31.3. The third-order valence-corrected chi connectivity index (χ3v) is 4.84. The van der Waals surface area contributed by atoms with Crippen molar-refractivity contribution in [2.24, 2.45) is 17.8 Å². The second-order valence-corrected chi connectivity index (χ2v) is 6.62. The van der Waals surface area contributed by atoms with Gasteiger partial charge in [-0.3, -0.25) is 14.5 Å². The smallest absolute Gasteiger partial charge is 0.307 e. The summed E-state index contributed by atoms with van der Waals surface area (Å²) in [5, 5.41) is 12.2. The Kier molecular flexibility index (Phi) is 4.68. The molecule has 4 unspecified atom stereocenters. The number of hydrogen-bond donors (Lipinski definition) is 2. The molecule has 4 atom stereocenters. The summed E-state index contributed by atoms with van der Waals surface area (Å²) in [6, 6.07) is 0.966. The van der Waals surface area contributed by atoms with Gasteiger partial charge in [-0.15, -0.1) is 0 Å². The van der Waals surface area contributed by atoms with Gasteiger partial charge in [-0.2, -0.15) is 0 Å². The lowest BCUT2D eigenvalue weighted by Gasteiger charge is -2.25. The van der Waals surface area contributed by atoms with Gasteiger partial charge in [0, 0.05) is 18.6 Å². The Bertz CT molecular complexity index is 381. The van der Waals surface area contributed by atoms with Crippen LogP contribution in [0.25, 0.3) is 0 Å². The van der Waals surface area contributed by atoms with Gasteiger partial charge >= 0.3 is 5.97 Å². The minimum atomic E-state index is -0.836. The first kappa shape index (κ1) is 15.3. The van der Waals surface area contributed by atoms with Crippen LogP contribution in [0.2, 0.25) is 0 Å². The monoisotopic (exact) mass is 282 g/mol. The highest BCUT2D eigenvalue weighted by Gasteiger charge is 2.41. The molecule has 2 fully saturated rings. The predicted octanol–water partition coefficient (Wildman–Crippen LogP) is 1.33. The Labute approximate surface area is 120 Å². The standard InChI is InChI=1S/C15H26N2O3/c1-9-6-12(13(7-9)15(19)20)14(18)16-8-10(2)17(3)11-4-5-11/h9-13H,4-8H2,1-3H3,(H,16,18)(H,19,20). The van der Waals surface area contributed by atoms with Gasteiger partial charge in [0.15, 0.2) is 0 Å². The van der Waals surface area contributed by atoms with E-state index < -0.39 is 11.9 Å². The zero-order valence-electron chi connectivity index (χ0n) is 12.6. The molecule has 114 valence electrons. The van der Waals surface area contributed by atoms with Crippen LogP contribution in [0.1, 0.15) is 39.5 Å². The van der Waals surface area contributed by atoms with E-state index in [1.165, 1.54) is 12.8 Å². The first-order valence-electron chi connectivity index (χ1n) is 7.62. The molecule has 0 aromatic rings. The van der Waals surface area contributed by atoms with Crippen LogP contribution in [-0.2, 0) is 9.59 Å². The Hall–Kier alpha value is -1.10. The first-order valence-corrected chi connectivity index (χ1v) is 7.62. The van der Waals surface area contributed by atoms with Crippen molar-refractivity contribution in [1.29, 1.82) is 0 Å². The highest BCUT2D eigenvalue weighted by molar-refractivity contribution is 5.85. The van der Waals surface area contributed by atoms with Crippen LogP contribution in [0.3, 0.4) is 0 Å². The van der Waals surface area contributed by atoms with Crippen LogP contribution in [0.15, 0.2) is 0 Å². The van der Waals surface area contributed by atoms with Crippen molar-refractivity contribution in [2.45, 2.75) is 51.6 Å². The molecule has 1 amide bonds. The average molecular weight is 282 g/mol. The van der Waals surface area contributed by atoms with Gasteiger partial charge < -0.3 is 10.4 Å². The lowest BCUT2D eigenvalue weighted by atomic mass is 9.95. The summed E-state index contributed by atoms with van der Waals surface area (Å²) in [5.41, 5.74) is 0. The molecule has 0 saturated heterocycles. The maximum Gasteiger partial charge on any atom is 0.307 e. The van der Waals surface area contributed by atoms with E-state index in [2.05, 4.69) is 24.2 Å². The van der Waals surface area contributed by atoms with Crippen LogP contribution < -0.4 is 5.32 Å². The van der Waals surface area contributed by atoms with Gasteiger partial charge in [0.1, 0.15) is 0 Å². The topological polar surface area (TPSA) is 69.6 Å². The maximum atomic E-state index is 12.2. The average Bonchev–Trinajstić information content (AvgIpc) is 3.16. The summed E-state index contributed by atoms with van der Waals surface area (Å²) in [6.07, 6.45) is 3.80. The second kappa shape index (κ2) is 6.12. The molecule has 2 saturated carbocycles. The summed E-state index contributed by atoms with van der Waals surface area (Å²) >= 11 is 0. The van der Waals surface area contributed by atoms with Gasteiger partial charge in [0.2, 0.25) is 5.91 Å². The van der Waals surface area contributed by atoms with E-state index in [4.69, 9.17) is 0 Å². The molecule has 0 radical (unpaired) electrons. The van der Waals surface area contributed by atoms with E-state index in [1.54, 1.807) is 0 Å². The molecule has 2 N–H and O–H groups in total. The molecule has 0 aliphatic heterocycles. The number of nitrogens with one attached hydrogen (secondary N) is 1. The van der Waals surface area contributed by atoms with Crippen LogP contribution in [0, 0.1) is 17.8 Å². The Morgan fingerprint density at radius 1 is 1.30 bits per heavy atom. The van der Waals surface area contributed by atoms with E-state index in [0.29, 0.717) is 37.4 Å². The quantitative estimate of drug-likeness (QED) is 0.771. The fraction of sp³-hybridized carbons (Fsp3) is 0.867. The van der Waals surface area contributed by atoms with Crippen molar-refractivity contribution in [3.63, 3.8) is 0 Å². The molecular formula is C15H26N2O3. The lowest BCUT2D eigenvalue weighted by Crippen LogP contribution is -2.44. The van der Waals surface area contributed by atoms with Gasteiger partial charge in [-0.05, 0) is 45.6 Å². The van der Waals surface area contributed by atoms with Crippen molar-refractivity contribution in [1.82, 2.24) is 10.2 Å². The zero-order chi connectivity index (χ0) is 14.9. The van der Waals surface area contributed by atoms with Crippen molar-refractivity contribution < 1.29 is 14.7 Å². The number of hydrogen-bond acceptors (Lipinski definition) is 3. The molecule has 0 spiro atoms. The van der Waals surface area contributed by atoms with E-state index in [0.717, 1.165) is 0 Å². The molecule has 2 aliphatic rings. The number of carbonyl (C=O) groups excluding carboxylic acids is 1. The van der Waals surface area contributed by atoms with Gasteiger partial charge in [-0.1, -0.05) is 6.92 Å². The Morgan fingerprint density at radius 2 is 1.90 bits per heavy atom. The third kappa shape index (κ3) is 3.51. The van der Waals surface area contributed by atoms with Gasteiger partial charge in [-0.25, -0.2) is 0 Å². The molecule has 0 aromatic heterocycles. The summed E-state index contributed by atoms with van der Waals surface area (Å²) in [6.45, 7) is 4.72. The van der Waals surface area contributed by atoms with Crippen LogP contribution in [-0.4, -0.2) is 47.6 Å². The molecule has 0 aromatic carbocycles. The lowest BCUT2D eigenvalue weighted by molar-refractivity contribution is -0.146. The summed E-state index contributed by atoms with van der Waals surface area (Å²) < 4.78 is 0. The third-order valence-electron chi connectivity index (χ3n) is 4.84. The van der Waals surface area contributed by atoms with Crippen molar-refractivity contribution in [3.05, 3.63) is 0 Å². The molecule has 20 heavy (non-hydrogen) atoms. The van der Waals surface area contributed by atoms with Crippen molar-refractivity contribution in [3.8, 4) is 0 Å². The summed E-state index contributed by atoms with van der Waals surface area (Å²) in [4.78, 5) is 25.7. The summed E-state index contributed by atoms with van der Waals surface area (Å²) in [5.74, 6) is -1.48. The fourth-order valence-corrected chi connectivity index (χ4v) is 3.22. The first-order chi connectivity index (χ1) is 9.40. The minimum absolute atomic E-state index is 0.0854. The Balaban J connectivity index is 1.82. The largest absolute Gasteiger partial charge is 0.481 e. The minimum Gasteiger partial charge on any atom is -0.481 e. The highest BCUT2D eigenvalue weighted by atomic mass is 16.4. The number of amides is 1. The maximum absolute atomic E-state index is 12.2. The number of carbonyl (C=O) groups is 2. The van der Waals surface area contributed by atoms with Gasteiger partial charge in [0.25, 0.3) is 0 Å². The fourth-order valence-electron chi connectivity index (χ4n) is 3.22. The number of likely N-dealkylation sites (N-methyl/N-ethyl adjacent to an activating group) is 1. The number of carboxylic acids is 1. The summed E-state index contributed by atoms with van der Waals surface area (Å²) in [7, 11) is 2.09. The number of carboxylic acid groups (broad SMARTS) is 1. The van der Waals surface area contributed by atoms with E-state index >= 15 is 0 Å². The van der Waals surface area contributed by atoms with Crippen LogP contribution in [0.4, 0.5) is 0 Å². The highest BCUT2D eigenvalue weighted by Crippen LogP contribution is 2.36. The Morgan fingerprint density at radius 3 is 2.45 bits per heavy atom. The van der Waals surface area contributed by atoms with Crippen molar-refractivity contribution >= 4 is 11.9 Å². The van der Waals surface area contributed by atoms with Crippen LogP contribution >= 0.6 is 0 Å². The number of rotatable bonds is 6. The molecule has 5 nitrogen and oxygen atoms in total. The molecule has 0 heterocycles. The molecule has 0 bridgehead atoms. The van der Waals surface area contributed by atoms with E-state index in [-0.39, 0.29) is 11.8 Å². The predicted molar refractivity (Wildman–Crippen MR) is 76.3 cm³/mol. The second-order valence-electron chi connectivity index (χ2n) is 6.62. The zero-order valence-corrected chi connectivity index (χ0v) is 12.6. The van der Waals surface area contributed by atoms with E-state index in [1.807, 2.05) is 6.92 Å². The SMILES string of the molecule is CC1CC(C(=O)O)C(C(=O)NCC(C)N(C)C2CC2)C1. The van der Waals surface area contributed by atoms with Crippen molar-refractivity contribution in [2.75, 3.05) is 13.6 Å².